The van der Waals surface area contributed by atoms with Gasteiger partial charge >= 0.3 is 0 Å². The van der Waals surface area contributed by atoms with E-state index in [0.29, 0.717) is 18.9 Å². The highest BCUT2D eigenvalue weighted by Crippen LogP contribution is 2.28. The Balaban J connectivity index is 1.72. The van der Waals surface area contributed by atoms with E-state index >= 15 is 0 Å². The van der Waals surface area contributed by atoms with Crippen LogP contribution in [-0.4, -0.2) is 36.2 Å². The van der Waals surface area contributed by atoms with Gasteiger partial charge < -0.3 is 15.7 Å². The van der Waals surface area contributed by atoms with E-state index in [1.165, 1.54) is 25.7 Å². The topological polar surface area (TPSA) is 61.4 Å². The van der Waals surface area contributed by atoms with Crippen molar-refractivity contribution in [2.45, 2.75) is 51.2 Å². The summed E-state index contributed by atoms with van der Waals surface area (Å²) in [6.45, 7) is 3.62. The fraction of sp³-hybridized carbons (Fsp3) is 0.923. The number of nitrogens with one attached hydrogen (secondary N) is 2. The van der Waals surface area contributed by atoms with Gasteiger partial charge in [0, 0.05) is 13.1 Å². The van der Waals surface area contributed by atoms with Crippen molar-refractivity contribution in [3.8, 4) is 0 Å². The molecular formula is C13H24N2O2. The smallest absolute Gasteiger partial charge is 0.237 e. The van der Waals surface area contributed by atoms with E-state index in [1.807, 2.05) is 0 Å². The fourth-order valence-electron chi connectivity index (χ4n) is 2.97. The average molecular weight is 240 g/mol. The average Bonchev–Trinajstić information content (AvgIpc) is 2.74. The Kier molecular flexibility index (Phi) is 4.40. The minimum atomic E-state index is -0.362. The van der Waals surface area contributed by atoms with Crippen LogP contribution in [-0.2, 0) is 4.79 Å². The predicted molar refractivity (Wildman–Crippen MR) is 66.5 cm³/mol. The van der Waals surface area contributed by atoms with E-state index in [4.69, 9.17) is 0 Å². The molecule has 0 spiro atoms. The van der Waals surface area contributed by atoms with Crippen molar-refractivity contribution < 1.29 is 9.90 Å². The third-order valence-electron chi connectivity index (χ3n) is 4.25. The Labute approximate surface area is 103 Å². The molecule has 2 aliphatic rings. The molecule has 4 atom stereocenters. The van der Waals surface area contributed by atoms with Crippen molar-refractivity contribution in [3.05, 3.63) is 0 Å². The van der Waals surface area contributed by atoms with E-state index in [-0.39, 0.29) is 18.1 Å². The van der Waals surface area contributed by atoms with Crippen molar-refractivity contribution in [2.75, 3.05) is 13.1 Å². The van der Waals surface area contributed by atoms with Gasteiger partial charge in [-0.3, -0.25) is 4.79 Å². The van der Waals surface area contributed by atoms with Gasteiger partial charge in [-0.15, -0.1) is 0 Å². The minimum absolute atomic E-state index is 0.0549. The molecule has 0 aromatic rings. The molecule has 2 fully saturated rings. The molecule has 4 heteroatoms. The van der Waals surface area contributed by atoms with E-state index in [1.54, 1.807) is 0 Å². The van der Waals surface area contributed by atoms with Gasteiger partial charge in [0.1, 0.15) is 0 Å². The molecule has 0 unspecified atom stereocenters. The third kappa shape index (κ3) is 3.42. The van der Waals surface area contributed by atoms with E-state index in [2.05, 4.69) is 17.6 Å². The number of aliphatic hydroxyl groups is 1. The molecule has 0 bridgehead atoms. The molecule has 1 aliphatic heterocycles. The zero-order valence-electron chi connectivity index (χ0n) is 10.6. The van der Waals surface area contributed by atoms with Gasteiger partial charge in [-0.2, -0.15) is 0 Å². The molecular weight excluding hydrogens is 216 g/mol. The Hall–Kier alpha value is -0.610. The number of amides is 1. The lowest BCUT2D eigenvalue weighted by molar-refractivity contribution is -0.123. The molecule has 2 rings (SSSR count). The zero-order chi connectivity index (χ0) is 12.3. The second-order valence-corrected chi connectivity index (χ2v) is 5.62. The van der Waals surface area contributed by atoms with E-state index in [9.17, 15) is 9.90 Å². The summed E-state index contributed by atoms with van der Waals surface area (Å²) in [6.07, 6.45) is 5.35. The summed E-state index contributed by atoms with van der Waals surface area (Å²) in [4.78, 5) is 11.9. The first-order chi connectivity index (χ1) is 8.16. The van der Waals surface area contributed by atoms with Gasteiger partial charge in [-0.25, -0.2) is 0 Å². The SMILES string of the molecule is C[C@@H]1CCCC[C@@H]1CNC(=O)[C@@H]1C[C@@H](O)CN1. The summed E-state index contributed by atoms with van der Waals surface area (Å²) in [5.41, 5.74) is 0. The Bertz CT molecular complexity index is 270. The number of carbonyl (C=O) groups excluding carboxylic acids is 1. The van der Waals surface area contributed by atoms with Gasteiger partial charge in [0.2, 0.25) is 5.91 Å². The first-order valence-corrected chi connectivity index (χ1v) is 6.86. The van der Waals surface area contributed by atoms with Crippen molar-refractivity contribution in [2.24, 2.45) is 11.8 Å². The van der Waals surface area contributed by atoms with Crippen molar-refractivity contribution in [1.29, 1.82) is 0 Å². The lowest BCUT2D eigenvalue weighted by Crippen LogP contribution is -2.43. The standard InChI is InChI=1S/C13H24N2O2/c1-9-4-2-3-5-10(9)7-15-13(17)12-6-11(16)8-14-12/h9-12,14,16H,2-8H2,1H3,(H,15,17)/t9-,10-,11-,12+/m1/s1. The second kappa shape index (κ2) is 5.83. The van der Waals surface area contributed by atoms with Gasteiger partial charge in [-0.1, -0.05) is 26.2 Å². The van der Waals surface area contributed by atoms with Gasteiger partial charge in [-0.05, 0) is 24.7 Å². The maximum absolute atomic E-state index is 11.9. The molecule has 1 aliphatic carbocycles. The van der Waals surface area contributed by atoms with Gasteiger partial charge in [0.25, 0.3) is 0 Å². The van der Waals surface area contributed by atoms with E-state index < -0.39 is 0 Å². The summed E-state index contributed by atoms with van der Waals surface area (Å²) in [7, 11) is 0. The number of hydrogen-bond donors (Lipinski definition) is 3. The highest BCUT2D eigenvalue weighted by atomic mass is 16.3. The number of β-amino-alcohol motifs (C(OH)–C–C–N with tert-alkyl or cyclic N) is 1. The molecule has 98 valence electrons. The molecule has 1 saturated carbocycles. The fourth-order valence-corrected chi connectivity index (χ4v) is 2.97. The number of carbonyl (C=O) groups is 1. The highest BCUT2D eigenvalue weighted by molar-refractivity contribution is 5.82. The molecule has 0 aromatic carbocycles. The number of hydrogen-bond acceptors (Lipinski definition) is 3. The van der Waals surface area contributed by atoms with Crippen LogP contribution < -0.4 is 10.6 Å². The van der Waals surface area contributed by atoms with Gasteiger partial charge in [0.05, 0.1) is 12.1 Å². The van der Waals surface area contributed by atoms with Crippen LogP contribution in [0.2, 0.25) is 0 Å². The molecule has 0 aromatic heterocycles. The van der Waals surface area contributed by atoms with Crippen molar-refractivity contribution in [3.63, 3.8) is 0 Å². The van der Waals surface area contributed by atoms with Crippen LogP contribution in [0.15, 0.2) is 0 Å². The molecule has 17 heavy (non-hydrogen) atoms. The lowest BCUT2D eigenvalue weighted by Gasteiger charge is -2.29. The third-order valence-corrected chi connectivity index (χ3v) is 4.25. The van der Waals surface area contributed by atoms with Crippen LogP contribution in [0.1, 0.15) is 39.0 Å². The summed E-state index contributed by atoms with van der Waals surface area (Å²) >= 11 is 0. The first-order valence-electron chi connectivity index (χ1n) is 6.86. The van der Waals surface area contributed by atoms with Crippen molar-refractivity contribution in [1.82, 2.24) is 10.6 Å². The molecule has 1 amide bonds. The summed E-state index contributed by atoms with van der Waals surface area (Å²) < 4.78 is 0. The summed E-state index contributed by atoms with van der Waals surface area (Å²) in [6, 6.07) is -0.191. The number of aliphatic hydroxyl groups excluding tert-OH is 1. The maximum Gasteiger partial charge on any atom is 0.237 e. The lowest BCUT2D eigenvalue weighted by atomic mass is 9.80. The Morgan fingerprint density at radius 3 is 2.82 bits per heavy atom. The predicted octanol–water partition coefficient (Wildman–Crippen LogP) is 0.652. The Morgan fingerprint density at radius 2 is 2.18 bits per heavy atom. The van der Waals surface area contributed by atoms with Crippen LogP contribution in [0, 0.1) is 11.8 Å². The highest BCUT2D eigenvalue weighted by Gasteiger charge is 2.29. The first kappa shape index (κ1) is 12.8. The molecule has 0 radical (unpaired) electrons. The monoisotopic (exact) mass is 240 g/mol. The van der Waals surface area contributed by atoms with E-state index in [0.717, 1.165) is 12.5 Å². The van der Waals surface area contributed by atoms with Crippen LogP contribution in [0.25, 0.3) is 0 Å². The second-order valence-electron chi connectivity index (χ2n) is 5.62. The molecule has 3 N–H and O–H groups in total. The minimum Gasteiger partial charge on any atom is -0.392 e. The summed E-state index contributed by atoms with van der Waals surface area (Å²) in [5, 5.41) is 15.4. The number of rotatable bonds is 3. The maximum atomic E-state index is 11.9. The quantitative estimate of drug-likeness (QED) is 0.679. The van der Waals surface area contributed by atoms with Crippen LogP contribution in [0.5, 0.6) is 0 Å². The van der Waals surface area contributed by atoms with Crippen LogP contribution in [0.4, 0.5) is 0 Å². The Morgan fingerprint density at radius 1 is 1.41 bits per heavy atom. The van der Waals surface area contributed by atoms with Crippen LogP contribution in [0.3, 0.4) is 0 Å². The summed E-state index contributed by atoms with van der Waals surface area (Å²) in [5.74, 6) is 1.42. The molecule has 4 nitrogen and oxygen atoms in total. The zero-order valence-corrected chi connectivity index (χ0v) is 10.6. The van der Waals surface area contributed by atoms with Crippen LogP contribution >= 0.6 is 0 Å². The van der Waals surface area contributed by atoms with Crippen molar-refractivity contribution >= 4 is 5.91 Å². The normalized spacial score (nSPS) is 38.0. The van der Waals surface area contributed by atoms with Gasteiger partial charge in [0.15, 0.2) is 0 Å². The molecule has 1 heterocycles. The molecule has 1 saturated heterocycles. The largest absolute Gasteiger partial charge is 0.392 e.